The Morgan fingerprint density at radius 2 is 0.950 bits per heavy atom. The zero-order valence-corrected chi connectivity index (χ0v) is 22.5. The van der Waals surface area contributed by atoms with Crippen LogP contribution in [0.25, 0.3) is 0 Å². The van der Waals surface area contributed by atoms with Crippen LogP contribution in [0.2, 0.25) is 0 Å². The molecule has 40 heavy (non-hydrogen) atoms. The minimum atomic E-state index is -0.445. The number of aryl methyl sites for hydroxylation is 1. The lowest BCUT2D eigenvalue weighted by molar-refractivity contribution is 0.692. The molecule has 2 heteroatoms. The number of para-hydroxylation sites is 4. The Balaban J connectivity index is 1.46. The van der Waals surface area contributed by atoms with Gasteiger partial charge in [0, 0.05) is 29.5 Å². The molecule has 0 fully saturated rings. The fourth-order valence-corrected chi connectivity index (χ4v) is 7.13. The average molecular weight is 515 g/mol. The van der Waals surface area contributed by atoms with Gasteiger partial charge in [-0.1, -0.05) is 115 Å². The lowest BCUT2D eigenvalue weighted by Crippen LogP contribution is -2.43. The molecule has 0 amide bonds. The van der Waals surface area contributed by atoms with E-state index in [0.717, 1.165) is 6.54 Å². The van der Waals surface area contributed by atoms with E-state index in [4.69, 9.17) is 0 Å². The second kappa shape index (κ2) is 8.86. The van der Waals surface area contributed by atoms with Gasteiger partial charge in [-0.2, -0.15) is 0 Å². The molecule has 8 rings (SSSR count). The van der Waals surface area contributed by atoms with Crippen LogP contribution in [0.15, 0.2) is 146 Å². The quantitative estimate of drug-likeness (QED) is 0.232. The molecule has 2 heterocycles. The highest BCUT2D eigenvalue weighted by Crippen LogP contribution is 2.62. The van der Waals surface area contributed by atoms with Crippen molar-refractivity contribution in [1.29, 1.82) is 0 Å². The van der Waals surface area contributed by atoms with Crippen LogP contribution in [0, 0.1) is 12.8 Å². The van der Waals surface area contributed by atoms with Crippen LogP contribution in [-0.4, -0.2) is 6.54 Å². The zero-order chi connectivity index (χ0) is 26.7. The van der Waals surface area contributed by atoms with Gasteiger partial charge >= 0.3 is 0 Å². The van der Waals surface area contributed by atoms with Crippen LogP contribution in [0.3, 0.4) is 0 Å². The molecule has 2 aliphatic heterocycles. The van der Waals surface area contributed by atoms with Gasteiger partial charge in [-0.3, -0.25) is 0 Å². The molecular weight excluding hydrogens is 484 g/mol. The van der Waals surface area contributed by atoms with Crippen molar-refractivity contribution in [2.24, 2.45) is 5.92 Å². The molecule has 0 aromatic heterocycles. The molecule has 0 unspecified atom stereocenters. The molecule has 1 spiro atoms. The summed E-state index contributed by atoms with van der Waals surface area (Å²) in [5.74, 6) is 0.387. The van der Waals surface area contributed by atoms with Gasteiger partial charge in [-0.25, -0.2) is 0 Å². The van der Waals surface area contributed by atoms with E-state index in [-0.39, 0.29) is 0 Å². The number of nitrogens with zero attached hydrogens (tertiary/aromatic N) is 2. The second-order valence-corrected chi connectivity index (χ2v) is 11.0. The third-order valence-corrected chi connectivity index (χ3v) is 8.81. The molecule has 0 atom stereocenters. The second-order valence-electron chi connectivity index (χ2n) is 11.0. The van der Waals surface area contributed by atoms with Crippen molar-refractivity contribution in [3.05, 3.63) is 173 Å². The standard InChI is InChI=1S/C38H30N2/c1-27-22-24-29(25-23-27)40-36-20-10-6-16-32(36)38(33-17-7-11-21-37(33)40)30-14-4-8-18-34(30)39(26-28-12-2-3-13-28)35-19-9-5-15-31(35)38/h2-25,28H,26H2,1H3. The number of rotatable bonds is 3. The van der Waals surface area contributed by atoms with Crippen LogP contribution in [0.5, 0.6) is 0 Å². The Bertz CT molecular complexity index is 1700. The molecule has 0 saturated carbocycles. The van der Waals surface area contributed by atoms with Crippen molar-refractivity contribution >= 4 is 28.4 Å². The topological polar surface area (TPSA) is 6.48 Å². The number of hydrogen-bond donors (Lipinski definition) is 0. The van der Waals surface area contributed by atoms with Crippen molar-refractivity contribution in [1.82, 2.24) is 0 Å². The van der Waals surface area contributed by atoms with E-state index < -0.39 is 5.41 Å². The predicted octanol–water partition coefficient (Wildman–Crippen LogP) is 9.35. The summed E-state index contributed by atoms with van der Waals surface area (Å²) in [6, 6.07) is 45.1. The van der Waals surface area contributed by atoms with Gasteiger partial charge in [0.05, 0.1) is 16.8 Å². The molecule has 5 aromatic carbocycles. The van der Waals surface area contributed by atoms with Crippen LogP contribution >= 0.6 is 0 Å². The monoisotopic (exact) mass is 514 g/mol. The van der Waals surface area contributed by atoms with Gasteiger partial charge < -0.3 is 9.80 Å². The number of benzene rings is 5. The zero-order valence-electron chi connectivity index (χ0n) is 22.5. The first-order chi connectivity index (χ1) is 19.8. The maximum atomic E-state index is 2.54. The summed E-state index contributed by atoms with van der Waals surface area (Å²) in [5, 5.41) is 0. The maximum absolute atomic E-state index is 2.54. The van der Waals surface area contributed by atoms with Crippen LogP contribution in [-0.2, 0) is 5.41 Å². The predicted molar refractivity (Wildman–Crippen MR) is 167 cm³/mol. The molecule has 0 saturated heterocycles. The summed E-state index contributed by atoms with van der Waals surface area (Å²) in [4.78, 5) is 4.99. The van der Waals surface area contributed by atoms with Crippen molar-refractivity contribution in [2.45, 2.75) is 12.3 Å². The third-order valence-electron chi connectivity index (χ3n) is 8.81. The summed E-state index contributed by atoms with van der Waals surface area (Å²) in [5.41, 5.74) is 12.3. The summed E-state index contributed by atoms with van der Waals surface area (Å²) in [6.45, 7) is 3.06. The summed E-state index contributed by atoms with van der Waals surface area (Å²) >= 11 is 0. The van der Waals surface area contributed by atoms with Gasteiger partial charge in [-0.05, 0) is 65.6 Å². The highest BCUT2D eigenvalue weighted by molar-refractivity contribution is 5.94. The van der Waals surface area contributed by atoms with Crippen molar-refractivity contribution in [3.8, 4) is 0 Å². The van der Waals surface area contributed by atoms with E-state index in [1.807, 2.05) is 0 Å². The van der Waals surface area contributed by atoms with E-state index in [1.54, 1.807) is 0 Å². The smallest absolute Gasteiger partial charge is 0.0782 e. The molecule has 0 N–H and O–H groups in total. The van der Waals surface area contributed by atoms with E-state index in [2.05, 4.69) is 162 Å². The van der Waals surface area contributed by atoms with Gasteiger partial charge in [0.1, 0.15) is 0 Å². The molecular formula is C38H30N2. The summed E-state index contributed by atoms with van der Waals surface area (Å²) < 4.78 is 0. The van der Waals surface area contributed by atoms with Crippen molar-refractivity contribution in [2.75, 3.05) is 16.3 Å². The number of anilines is 5. The van der Waals surface area contributed by atoms with Gasteiger partial charge in [0.15, 0.2) is 0 Å². The van der Waals surface area contributed by atoms with E-state index >= 15 is 0 Å². The highest BCUT2D eigenvalue weighted by atomic mass is 15.2. The van der Waals surface area contributed by atoms with Crippen molar-refractivity contribution < 1.29 is 0 Å². The number of hydrogen-bond acceptors (Lipinski definition) is 2. The van der Waals surface area contributed by atoms with E-state index in [9.17, 15) is 0 Å². The fourth-order valence-electron chi connectivity index (χ4n) is 7.13. The largest absolute Gasteiger partial charge is 0.340 e. The molecule has 0 radical (unpaired) electrons. The maximum Gasteiger partial charge on any atom is 0.0782 e. The normalized spacial score (nSPS) is 16.0. The lowest BCUT2D eigenvalue weighted by Gasteiger charge is -2.51. The Morgan fingerprint density at radius 1 is 0.525 bits per heavy atom. The minimum Gasteiger partial charge on any atom is -0.340 e. The molecule has 5 aromatic rings. The third kappa shape index (κ3) is 3.17. The summed E-state index contributed by atoms with van der Waals surface area (Å²) in [6.07, 6.45) is 8.95. The fraction of sp³-hybridized carbons (Fsp3) is 0.105. The SMILES string of the molecule is Cc1ccc(N2c3ccccc3C3(c4ccccc4N(CC4C=CC=C4)c4ccccc43)c3ccccc32)cc1. The Kier molecular flexibility index (Phi) is 5.12. The van der Waals surface area contributed by atoms with Gasteiger partial charge in [-0.15, -0.1) is 0 Å². The molecule has 3 aliphatic rings. The minimum absolute atomic E-state index is 0.387. The van der Waals surface area contributed by atoms with Crippen LogP contribution < -0.4 is 9.80 Å². The first-order valence-corrected chi connectivity index (χ1v) is 14.1. The Hall–Kier alpha value is -4.82. The Labute approximate surface area is 236 Å². The molecule has 0 bridgehead atoms. The van der Waals surface area contributed by atoms with Gasteiger partial charge in [0.2, 0.25) is 0 Å². The highest BCUT2D eigenvalue weighted by Gasteiger charge is 2.51. The number of fused-ring (bicyclic) bond motifs is 8. The first kappa shape index (κ1) is 23.1. The average Bonchev–Trinajstić information content (AvgIpc) is 3.53. The van der Waals surface area contributed by atoms with Crippen LogP contribution in [0.4, 0.5) is 28.4 Å². The molecule has 1 aliphatic carbocycles. The van der Waals surface area contributed by atoms with Gasteiger partial charge in [0.25, 0.3) is 0 Å². The first-order valence-electron chi connectivity index (χ1n) is 14.1. The Morgan fingerprint density at radius 3 is 1.45 bits per heavy atom. The molecule has 192 valence electrons. The van der Waals surface area contributed by atoms with Crippen molar-refractivity contribution in [3.63, 3.8) is 0 Å². The van der Waals surface area contributed by atoms with Crippen LogP contribution in [0.1, 0.15) is 27.8 Å². The number of allylic oxidation sites excluding steroid dienone is 2. The van der Waals surface area contributed by atoms with E-state index in [1.165, 1.54) is 56.3 Å². The lowest BCUT2D eigenvalue weighted by atomic mass is 9.60. The molecule has 2 nitrogen and oxygen atoms in total. The summed E-state index contributed by atoms with van der Waals surface area (Å²) in [7, 11) is 0. The van der Waals surface area contributed by atoms with E-state index in [0.29, 0.717) is 5.92 Å².